The quantitative estimate of drug-likeness (QED) is 0.753. The first-order valence-electron chi connectivity index (χ1n) is 5.74. The van der Waals surface area contributed by atoms with Crippen molar-refractivity contribution in [3.8, 4) is 0 Å². The molecule has 2 aromatic carbocycles. The number of carbonyl (C=O) groups excluding carboxylic acids is 1. The summed E-state index contributed by atoms with van der Waals surface area (Å²) in [5.74, 6) is 0.299. The molecule has 0 amide bonds. The Kier molecular flexibility index (Phi) is 3.04. The van der Waals surface area contributed by atoms with E-state index in [0.717, 1.165) is 5.56 Å². The van der Waals surface area contributed by atoms with Gasteiger partial charge >= 0.3 is 0 Å². The predicted octanol–water partition coefficient (Wildman–Crippen LogP) is 3.92. The molecule has 1 unspecified atom stereocenters. The highest BCUT2D eigenvalue weighted by molar-refractivity contribution is 5.93. The van der Waals surface area contributed by atoms with E-state index in [-0.39, 0.29) is 5.92 Å². The largest absolute Gasteiger partial charge is 0.299 e. The molecule has 0 spiro atoms. The van der Waals surface area contributed by atoms with Crippen LogP contribution in [0.4, 0.5) is 0 Å². The van der Waals surface area contributed by atoms with E-state index in [4.69, 9.17) is 0 Å². The molecule has 0 radical (unpaired) electrons. The Balaban J connectivity index is 2.56. The van der Waals surface area contributed by atoms with Crippen molar-refractivity contribution >= 4 is 16.6 Å². The minimum absolute atomic E-state index is 0.00361. The normalized spacial score (nSPS) is 12.6. The number of rotatable bonds is 3. The molecule has 0 aromatic heterocycles. The summed E-state index contributed by atoms with van der Waals surface area (Å²) in [6.45, 7) is 3.91. The molecule has 0 N–H and O–H groups in total. The second-order valence-electron chi connectivity index (χ2n) is 4.11. The van der Waals surface area contributed by atoms with Crippen LogP contribution < -0.4 is 0 Å². The van der Waals surface area contributed by atoms with Gasteiger partial charge in [0, 0.05) is 12.3 Å². The maximum atomic E-state index is 11.8. The lowest BCUT2D eigenvalue weighted by Gasteiger charge is -2.12. The smallest absolute Gasteiger partial charge is 0.139 e. The van der Waals surface area contributed by atoms with E-state index in [2.05, 4.69) is 24.3 Å². The maximum Gasteiger partial charge on any atom is 0.139 e. The lowest BCUT2D eigenvalue weighted by molar-refractivity contribution is -0.119. The molecule has 0 fully saturated rings. The third-order valence-electron chi connectivity index (χ3n) is 3.12. The maximum absolute atomic E-state index is 11.8. The first-order chi connectivity index (χ1) is 7.74. The van der Waals surface area contributed by atoms with Gasteiger partial charge in [0.2, 0.25) is 0 Å². The number of ketones is 1. The summed E-state index contributed by atoms with van der Waals surface area (Å²) < 4.78 is 0. The highest BCUT2D eigenvalue weighted by Gasteiger charge is 2.15. The Bertz CT molecular complexity index is 508. The van der Waals surface area contributed by atoms with Crippen molar-refractivity contribution in [1.29, 1.82) is 0 Å². The third-order valence-corrected chi connectivity index (χ3v) is 3.12. The molecule has 16 heavy (non-hydrogen) atoms. The average Bonchev–Trinajstić information content (AvgIpc) is 2.36. The van der Waals surface area contributed by atoms with Gasteiger partial charge in [0.05, 0.1) is 0 Å². The van der Waals surface area contributed by atoms with E-state index >= 15 is 0 Å². The van der Waals surface area contributed by atoms with Gasteiger partial charge in [-0.25, -0.2) is 0 Å². The Hall–Kier alpha value is -1.63. The van der Waals surface area contributed by atoms with Crippen molar-refractivity contribution in [2.75, 3.05) is 0 Å². The molecule has 0 aliphatic carbocycles. The number of fused-ring (bicyclic) bond motifs is 1. The summed E-state index contributed by atoms with van der Waals surface area (Å²) in [6, 6.07) is 14.4. The second-order valence-corrected chi connectivity index (χ2v) is 4.11. The minimum atomic E-state index is -0.00361. The molecule has 0 aliphatic rings. The van der Waals surface area contributed by atoms with E-state index in [1.165, 1.54) is 10.8 Å². The van der Waals surface area contributed by atoms with Gasteiger partial charge in [0.15, 0.2) is 0 Å². The monoisotopic (exact) mass is 212 g/mol. The van der Waals surface area contributed by atoms with E-state index < -0.39 is 0 Å². The van der Waals surface area contributed by atoms with Crippen molar-refractivity contribution in [3.63, 3.8) is 0 Å². The van der Waals surface area contributed by atoms with Gasteiger partial charge < -0.3 is 0 Å². The summed E-state index contributed by atoms with van der Waals surface area (Å²) in [6.07, 6.45) is 0.602. The Morgan fingerprint density at radius 3 is 2.56 bits per heavy atom. The lowest BCUT2D eigenvalue weighted by Crippen LogP contribution is -2.07. The second kappa shape index (κ2) is 4.48. The van der Waals surface area contributed by atoms with Gasteiger partial charge in [-0.15, -0.1) is 0 Å². The van der Waals surface area contributed by atoms with Gasteiger partial charge in [-0.2, -0.15) is 0 Å². The predicted molar refractivity (Wildman–Crippen MR) is 67.7 cm³/mol. The number of Topliss-reactive ketones (excluding diaryl/α,β-unsaturated/α-hetero) is 1. The molecule has 82 valence electrons. The van der Waals surface area contributed by atoms with Crippen LogP contribution in [0.3, 0.4) is 0 Å². The molecule has 1 nitrogen and oxygen atoms in total. The average molecular weight is 212 g/mol. The fourth-order valence-corrected chi connectivity index (χ4v) is 2.11. The van der Waals surface area contributed by atoms with Crippen LogP contribution in [0.25, 0.3) is 10.8 Å². The van der Waals surface area contributed by atoms with Crippen molar-refractivity contribution < 1.29 is 4.79 Å². The van der Waals surface area contributed by atoms with Crippen LogP contribution >= 0.6 is 0 Å². The molecule has 1 heteroatoms. The van der Waals surface area contributed by atoms with Crippen LogP contribution in [0.1, 0.15) is 31.7 Å². The number of benzene rings is 2. The molecule has 1 atom stereocenters. The molecule has 2 rings (SSSR count). The first-order valence-corrected chi connectivity index (χ1v) is 5.74. The highest BCUT2D eigenvalue weighted by Crippen LogP contribution is 2.26. The lowest BCUT2D eigenvalue weighted by atomic mass is 9.91. The van der Waals surface area contributed by atoms with Crippen LogP contribution in [0.2, 0.25) is 0 Å². The molecule has 0 aliphatic heterocycles. The standard InChI is InChI=1S/C15H16O/c1-3-15(16)11(2)13-10-6-8-12-7-4-5-9-14(12)13/h4-11H,3H2,1-2H3. The van der Waals surface area contributed by atoms with E-state index in [1.807, 2.05) is 32.0 Å². The van der Waals surface area contributed by atoms with Crippen molar-refractivity contribution in [1.82, 2.24) is 0 Å². The Labute approximate surface area is 96.1 Å². The summed E-state index contributed by atoms with van der Waals surface area (Å²) in [5, 5.41) is 2.40. The Morgan fingerprint density at radius 2 is 1.81 bits per heavy atom. The number of hydrogen-bond acceptors (Lipinski definition) is 1. The van der Waals surface area contributed by atoms with Crippen molar-refractivity contribution in [2.24, 2.45) is 0 Å². The van der Waals surface area contributed by atoms with Gasteiger partial charge in [-0.1, -0.05) is 56.3 Å². The SMILES string of the molecule is CCC(=O)C(C)c1cccc2ccccc12. The molecular weight excluding hydrogens is 196 g/mol. The van der Waals surface area contributed by atoms with Crippen molar-refractivity contribution in [2.45, 2.75) is 26.2 Å². The topological polar surface area (TPSA) is 17.1 Å². The van der Waals surface area contributed by atoms with Gasteiger partial charge in [0.25, 0.3) is 0 Å². The highest BCUT2D eigenvalue weighted by atomic mass is 16.1. The Morgan fingerprint density at radius 1 is 1.12 bits per heavy atom. The molecule has 0 heterocycles. The molecular formula is C15H16O. The van der Waals surface area contributed by atoms with E-state index in [1.54, 1.807) is 0 Å². The fraction of sp³-hybridized carbons (Fsp3) is 0.267. The summed E-state index contributed by atoms with van der Waals surface area (Å²) in [7, 11) is 0. The fourth-order valence-electron chi connectivity index (χ4n) is 2.11. The summed E-state index contributed by atoms with van der Waals surface area (Å²) in [4.78, 5) is 11.8. The summed E-state index contributed by atoms with van der Waals surface area (Å²) >= 11 is 0. The molecule has 0 saturated carbocycles. The van der Waals surface area contributed by atoms with Crippen LogP contribution in [0, 0.1) is 0 Å². The van der Waals surface area contributed by atoms with E-state index in [0.29, 0.717) is 12.2 Å². The van der Waals surface area contributed by atoms with Gasteiger partial charge in [0.1, 0.15) is 5.78 Å². The third kappa shape index (κ3) is 1.85. The van der Waals surface area contributed by atoms with Gasteiger partial charge in [-0.05, 0) is 16.3 Å². The number of carbonyl (C=O) groups is 1. The molecule has 0 bridgehead atoms. The van der Waals surface area contributed by atoms with Gasteiger partial charge in [-0.3, -0.25) is 4.79 Å². The zero-order valence-corrected chi connectivity index (χ0v) is 9.73. The zero-order chi connectivity index (χ0) is 11.5. The van der Waals surface area contributed by atoms with Crippen LogP contribution in [0.15, 0.2) is 42.5 Å². The van der Waals surface area contributed by atoms with E-state index in [9.17, 15) is 4.79 Å². The first kappa shape index (κ1) is 10.9. The van der Waals surface area contributed by atoms with Crippen molar-refractivity contribution in [3.05, 3.63) is 48.0 Å². The van der Waals surface area contributed by atoms with Crippen LogP contribution in [-0.4, -0.2) is 5.78 Å². The molecule has 2 aromatic rings. The minimum Gasteiger partial charge on any atom is -0.299 e. The van der Waals surface area contributed by atoms with Crippen LogP contribution in [0.5, 0.6) is 0 Å². The number of hydrogen-bond donors (Lipinski definition) is 0. The summed E-state index contributed by atoms with van der Waals surface area (Å²) in [5.41, 5.74) is 1.14. The van der Waals surface area contributed by atoms with Crippen LogP contribution in [-0.2, 0) is 4.79 Å². The molecule has 0 saturated heterocycles. The zero-order valence-electron chi connectivity index (χ0n) is 9.73.